The molecule has 1 heterocycles. The van der Waals surface area contributed by atoms with Crippen molar-refractivity contribution < 1.29 is 13.5 Å². The zero-order valence-corrected chi connectivity index (χ0v) is 18.7. The normalized spacial score (nSPS) is 16.3. The highest BCUT2D eigenvalue weighted by Gasteiger charge is 2.23. The second-order valence-corrected chi connectivity index (χ2v) is 6.74. The monoisotopic (exact) mass is 516 g/mol. The van der Waals surface area contributed by atoms with E-state index in [1.807, 2.05) is 30.3 Å². The van der Waals surface area contributed by atoms with Crippen LogP contribution in [-0.4, -0.2) is 45.8 Å². The van der Waals surface area contributed by atoms with Crippen LogP contribution in [0.25, 0.3) is 0 Å². The maximum atomic E-state index is 13.4. The van der Waals surface area contributed by atoms with E-state index >= 15 is 0 Å². The summed E-state index contributed by atoms with van der Waals surface area (Å²) in [6.45, 7) is 3.57. The number of hydrogen-bond donors (Lipinski definition) is 2. The number of aliphatic imine (C=N–C) groups is 1. The quantitative estimate of drug-likeness (QED) is 0.256. The highest BCUT2D eigenvalue weighted by molar-refractivity contribution is 14.0. The fraction of sp³-hybridized carbons (Fsp3) is 0.381. The van der Waals surface area contributed by atoms with Crippen molar-refractivity contribution in [2.75, 3.05) is 44.7 Å². The minimum absolute atomic E-state index is 0. The number of hydrogen-bond acceptors (Lipinski definition) is 3. The summed E-state index contributed by atoms with van der Waals surface area (Å²) in [5.41, 5.74) is 0.724. The molecule has 0 spiro atoms. The van der Waals surface area contributed by atoms with Crippen LogP contribution in [-0.2, 0) is 0 Å². The number of para-hydroxylation sites is 1. The molecule has 5 nitrogen and oxygen atoms in total. The van der Waals surface area contributed by atoms with E-state index in [9.17, 15) is 8.78 Å². The first kappa shape index (κ1) is 23.2. The molecule has 2 aromatic rings. The summed E-state index contributed by atoms with van der Waals surface area (Å²) in [5.74, 6) is 0.361. The second-order valence-electron chi connectivity index (χ2n) is 6.74. The summed E-state index contributed by atoms with van der Waals surface area (Å²) < 4.78 is 32.2. The second kappa shape index (κ2) is 11.8. The van der Waals surface area contributed by atoms with E-state index in [1.54, 1.807) is 13.1 Å². The number of benzene rings is 2. The molecule has 0 aliphatic carbocycles. The molecule has 0 aromatic heterocycles. The molecule has 0 radical (unpaired) electrons. The first-order valence-electron chi connectivity index (χ1n) is 9.48. The van der Waals surface area contributed by atoms with Gasteiger partial charge in [-0.05, 0) is 36.6 Å². The van der Waals surface area contributed by atoms with Gasteiger partial charge in [-0.15, -0.1) is 24.0 Å². The van der Waals surface area contributed by atoms with Crippen LogP contribution in [0.4, 0.5) is 14.5 Å². The van der Waals surface area contributed by atoms with E-state index < -0.39 is 11.6 Å². The van der Waals surface area contributed by atoms with Crippen molar-refractivity contribution in [1.29, 1.82) is 0 Å². The average molecular weight is 516 g/mol. The number of rotatable bonds is 7. The van der Waals surface area contributed by atoms with Crippen molar-refractivity contribution in [3.8, 4) is 5.75 Å². The van der Waals surface area contributed by atoms with Gasteiger partial charge in [0.15, 0.2) is 17.6 Å². The molecule has 2 N–H and O–H groups in total. The predicted molar refractivity (Wildman–Crippen MR) is 123 cm³/mol. The van der Waals surface area contributed by atoms with Crippen LogP contribution in [0, 0.1) is 17.6 Å². The Kier molecular flexibility index (Phi) is 9.43. The highest BCUT2D eigenvalue weighted by Crippen LogP contribution is 2.24. The van der Waals surface area contributed by atoms with Gasteiger partial charge in [0.2, 0.25) is 0 Å². The third-order valence-electron chi connectivity index (χ3n) is 4.74. The molecule has 2 aromatic carbocycles. The van der Waals surface area contributed by atoms with Gasteiger partial charge in [0.25, 0.3) is 0 Å². The third kappa shape index (κ3) is 7.02. The summed E-state index contributed by atoms with van der Waals surface area (Å²) in [5, 5.41) is 6.55. The molecule has 1 atom stereocenters. The Labute approximate surface area is 187 Å². The van der Waals surface area contributed by atoms with E-state index in [1.165, 1.54) is 12.1 Å². The van der Waals surface area contributed by atoms with Gasteiger partial charge in [0.1, 0.15) is 12.4 Å². The Balaban J connectivity index is 0.00000300. The molecule has 1 fully saturated rings. The van der Waals surface area contributed by atoms with E-state index in [0.717, 1.165) is 43.5 Å². The van der Waals surface area contributed by atoms with Crippen molar-refractivity contribution >= 4 is 35.6 Å². The summed E-state index contributed by atoms with van der Waals surface area (Å²) in [7, 11) is 1.73. The number of halogens is 3. The summed E-state index contributed by atoms with van der Waals surface area (Å²) in [6.07, 6.45) is 0.986. The van der Waals surface area contributed by atoms with Crippen molar-refractivity contribution in [2.45, 2.75) is 6.42 Å². The number of nitrogens with zero attached hydrogens (tertiary/aromatic N) is 2. The van der Waals surface area contributed by atoms with E-state index in [2.05, 4.69) is 20.5 Å². The maximum absolute atomic E-state index is 13.4. The smallest absolute Gasteiger partial charge is 0.191 e. The van der Waals surface area contributed by atoms with Gasteiger partial charge in [0, 0.05) is 38.4 Å². The van der Waals surface area contributed by atoms with Gasteiger partial charge in [-0.2, -0.15) is 0 Å². The Morgan fingerprint density at radius 2 is 1.93 bits per heavy atom. The topological polar surface area (TPSA) is 48.9 Å². The molecule has 1 aliphatic heterocycles. The molecular formula is C21H27F2IN4O. The van der Waals surface area contributed by atoms with Gasteiger partial charge < -0.3 is 20.3 Å². The van der Waals surface area contributed by atoms with Crippen LogP contribution < -0.4 is 20.3 Å². The molecule has 0 saturated carbocycles. The average Bonchev–Trinajstić information content (AvgIpc) is 3.19. The number of guanidine groups is 1. The number of nitrogens with one attached hydrogen (secondary N) is 2. The minimum atomic E-state index is -0.813. The molecule has 158 valence electrons. The fourth-order valence-corrected chi connectivity index (χ4v) is 3.23. The van der Waals surface area contributed by atoms with Crippen molar-refractivity contribution in [3.63, 3.8) is 0 Å². The molecule has 3 rings (SSSR count). The third-order valence-corrected chi connectivity index (χ3v) is 4.74. The molecular weight excluding hydrogens is 489 g/mol. The van der Waals surface area contributed by atoms with Crippen LogP contribution >= 0.6 is 24.0 Å². The van der Waals surface area contributed by atoms with Crippen LogP contribution in [0.2, 0.25) is 0 Å². The molecule has 1 saturated heterocycles. The molecule has 1 aliphatic rings. The summed E-state index contributed by atoms with van der Waals surface area (Å²) in [6, 6.07) is 13.7. The predicted octanol–water partition coefficient (Wildman–Crippen LogP) is 3.65. The Bertz CT molecular complexity index is 792. The highest BCUT2D eigenvalue weighted by atomic mass is 127. The molecule has 0 amide bonds. The maximum Gasteiger partial charge on any atom is 0.191 e. The van der Waals surface area contributed by atoms with Crippen LogP contribution in [0.15, 0.2) is 53.5 Å². The molecule has 0 bridgehead atoms. The SMILES string of the molecule is CN=C(NCCOc1ccccc1)NCC1CCN(c2ccc(F)c(F)c2)C1.I. The number of ether oxygens (including phenoxy) is 1. The van der Waals surface area contributed by atoms with Crippen molar-refractivity contribution in [1.82, 2.24) is 10.6 Å². The van der Waals surface area contributed by atoms with Crippen LogP contribution in [0.1, 0.15) is 6.42 Å². The Morgan fingerprint density at radius 1 is 1.14 bits per heavy atom. The fourth-order valence-electron chi connectivity index (χ4n) is 3.23. The molecule has 29 heavy (non-hydrogen) atoms. The zero-order chi connectivity index (χ0) is 19.8. The van der Waals surface area contributed by atoms with Crippen LogP contribution in [0.3, 0.4) is 0 Å². The van der Waals surface area contributed by atoms with Gasteiger partial charge >= 0.3 is 0 Å². The van der Waals surface area contributed by atoms with E-state index in [4.69, 9.17) is 4.74 Å². The lowest BCUT2D eigenvalue weighted by atomic mass is 10.1. The van der Waals surface area contributed by atoms with Gasteiger partial charge in [0.05, 0.1) is 6.54 Å². The summed E-state index contributed by atoms with van der Waals surface area (Å²) in [4.78, 5) is 6.31. The standard InChI is InChI=1S/C21H26F2N4O.HI/c1-24-21(25-10-12-28-18-5-3-2-4-6-18)26-14-16-9-11-27(15-16)17-7-8-19(22)20(23)13-17;/h2-8,13,16H,9-12,14-15H2,1H3,(H2,24,25,26);1H. The zero-order valence-electron chi connectivity index (χ0n) is 16.4. The lowest BCUT2D eigenvalue weighted by Gasteiger charge is -2.19. The molecule has 1 unspecified atom stereocenters. The van der Waals surface area contributed by atoms with Gasteiger partial charge in [-0.1, -0.05) is 18.2 Å². The Hall–Kier alpha value is -2.10. The first-order valence-corrected chi connectivity index (χ1v) is 9.48. The first-order chi connectivity index (χ1) is 13.7. The van der Waals surface area contributed by atoms with Gasteiger partial charge in [-0.25, -0.2) is 8.78 Å². The summed E-state index contributed by atoms with van der Waals surface area (Å²) >= 11 is 0. The molecule has 8 heteroatoms. The van der Waals surface area contributed by atoms with Crippen molar-refractivity contribution in [3.05, 3.63) is 60.2 Å². The minimum Gasteiger partial charge on any atom is -0.492 e. The lowest BCUT2D eigenvalue weighted by molar-refractivity contribution is 0.322. The van der Waals surface area contributed by atoms with Crippen molar-refractivity contribution in [2.24, 2.45) is 10.9 Å². The lowest BCUT2D eigenvalue weighted by Crippen LogP contribution is -2.41. The Morgan fingerprint density at radius 3 is 2.66 bits per heavy atom. The van der Waals surface area contributed by atoms with E-state index in [-0.39, 0.29) is 24.0 Å². The largest absolute Gasteiger partial charge is 0.492 e. The van der Waals surface area contributed by atoms with E-state index in [0.29, 0.717) is 19.1 Å². The van der Waals surface area contributed by atoms with Gasteiger partial charge in [-0.3, -0.25) is 4.99 Å². The number of anilines is 1. The van der Waals surface area contributed by atoms with Crippen LogP contribution in [0.5, 0.6) is 5.75 Å².